The summed E-state index contributed by atoms with van der Waals surface area (Å²) in [6.07, 6.45) is 7.69. The molecule has 1 heterocycles. The standard InChI is InChI=1S/C15H21NO4/c1-2-6-11-9-10-16-14(20-15(17)18)13(11)19-12-7-4-3-5-8-12/h9-10,12H,2-8H2,1H3,(H,17,18). The lowest BCUT2D eigenvalue weighted by molar-refractivity contribution is 0.127. The van der Waals surface area contributed by atoms with Crippen molar-refractivity contribution in [1.29, 1.82) is 0 Å². The van der Waals surface area contributed by atoms with Crippen LogP contribution in [0.4, 0.5) is 4.79 Å². The van der Waals surface area contributed by atoms with Gasteiger partial charge in [-0.1, -0.05) is 19.8 Å². The molecule has 1 fully saturated rings. The van der Waals surface area contributed by atoms with Crippen LogP contribution in [0.5, 0.6) is 11.6 Å². The summed E-state index contributed by atoms with van der Waals surface area (Å²) < 4.78 is 10.8. The third-order valence-corrected chi connectivity index (χ3v) is 3.49. The smallest absolute Gasteiger partial charge is 0.484 e. The first-order valence-corrected chi connectivity index (χ1v) is 7.26. The summed E-state index contributed by atoms with van der Waals surface area (Å²) >= 11 is 0. The van der Waals surface area contributed by atoms with Gasteiger partial charge in [-0.2, -0.15) is 0 Å². The molecule has 1 aromatic heterocycles. The van der Waals surface area contributed by atoms with E-state index in [1.807, 2.05) is 6.07 Å². The van der Waals surface area contributed by atoms with Crippen LogP contribution in [0.1, 0.15) is 51.0 Å². The normalized spacial score (nSPS) is 15.8. The van der Waals surface area contributed by atoms with E-state index < -0.39 is 6.16 Å². The SMILES string of the molecule is CCCc1ccnc(OC(=O)O)c1OC1CCCCC1. The van der Waals surface area contributed by atoms with E-state index in [2.05, 4.69) is 11.9 Å². The minimum atomic E-state index is -1.36. The van der Waals surface area contributed by atoms with Gasteiger partial charge in [0.15, 0.2) is 5.75 Å². The molecule has 0 atom stereocenters. The first-order chi connectivity index (χ1) is 9.70. The molecule has 0 spiro atoms. The maximum absolute atomic E-state index is 10.8. The van der Waals surface area contributed by atoms with Crippen LogP contribution in [0.2, 0.25) is 0 Å². The second-order valence-corrected chi connectivity index (χ2v) is 5.10. The Morgan fingerprint density at radius 1 is 1.40 bits per heavy atom. The zero-order chi connectivity index (χ0) is 14.4. The number of carboxylic acid groups (broad SMARTS) is 1. The monoisotopic (exact) mass is 279 g/mol. The highest BCUT2D eigenvalue weighted by Gasteiger charge is 2.21. The molecule has 0 unspecified atom stereocenters. The predicted octanol–water partition coefficient (Wildman–Crippen LogP) is 3.80. The minimum absolute atomic E-state index is 0.0639. The van der Waals surface area contributed by atoms with Crippen LogP contribution in [-0.4, -0.2) is 22.3 Å². The van der Waals surface area contributed by atoms with Crippen LogP contribution in [0.25, 0.3) is 0 Å². The van der Waals surface area contributed by atoms with Crippen molar-refractivity contribution < 1.29 is 19.4 Å². The minimum Gasteiger partial charge on any atom is -0.484 e. The summed E-state index contributed by atoms with van der Waals surface area (Å²) in [4.78, 5) is 14.8. The Hall–Kier alpha value is -1.78. The lowest BCUT2D eigenvalue weighted by Crippen LogP contribution is -2.21. The van der Waals surface area contributed by atoms with Gasteiger partial charge in [-0.05, 0) is 38.2 Å². The fraction of sp³-hybridized carbons (Fsp3) is 0.600. The quantitative estimate of drug-likeness (QED) is 0.830. The number of hydrogen-bond acceptors (Lipinski definition) is 4. The van der Waals surface area contributed by atoms with Crippen molar-refractivity contribution in [2.45, 2.75) is 58.0 Å². The van der Waals surface area contributed by atoms with E-state index in [-0.39, 0.29) is 12.0 Å². The Morgan fingerprint density at radius 3 is 2.80 bits per heavy atom. The molecule has 1 saturated carbocycles. The van der Waals surface area contributed by atoms with Gasteiger partial charge in [0.1, 0.15) is 0 Å². The highest BCUT2D eigenvalue weighted by Crippen LogP contribution is 2.33. The van der Waals surface area contributed by atoms with Gasteiger partial charge in [0.25, 0.3) is 5.88 Å². The lowest BCUT2D eigenvalue weighted by atomic mass is 9.97. The molecule has 0 amide bonds. The van der Waals surface area contributed by atoms with Crippen molar-refractivity contribution in [3.05, 3.63) is 17.8 Å². The molecule has 20 heavy (non-hydrogen) atoms. The fourth-order valence-corrected chi connectivity index (χ4v) is 2.56. The Morgan fingerprint density at radius 2 is 2.15 bits per heavy atom. The molecule has 1 aliphatic carbocycles. The summed E-state index contributed by atoms with van der Waals surface area (Å²) in [5.74, 6) is 0.567. The van der Waals surface area contributed by atoms with Gasteiger partial charge in [0.05, 0.1) is 6.10 Å². The molecule has 1 N–H and O–H groups in total. The first-order valence-electron chi connectivity index (χ1n) is 7.26. The molecule has 2 rings (SSSR count). The number of carbonyl (C=O) groups is 1. The average Bonchev–Trinajstić information content (AvgIpc) is 2.43. The van der Waals surface area contributed by atoms with E-state index in [4.69, 9.17) is 14.6 Å². The molecule has 0 bridgehead atoms. The maximum Gasteiger partial charge on any atom is 0.512 e. The van der Waals surface area contributed by atoms with Crippen molar-refractivity contribution in [3.63, 3.8) is 0 Å². The third kappa shape index (κ3) is 3.85. The van der Waals surface area contributed by atoms with E-state index in [9.17, 15) is 4.79 Å². The van der Waals surface area contributed by atoms with Gasteiger partial charge < -0.3 is 14.6 Å². The molecule has 0 aromatic carbocycles. The Labute approximate surface area is 118 Å². The summed E-state index contributed by atoms with van der Waals surface area (Å²) in [5.41, 5.74) is 0.962. The van der Waals surface area contributed by atoms with Crippen molar-refractivity contribution in [1.82, 2.24) is 4.98 Å². The topological polar surface area (TPSA) is 68.7 Å². The molecular formula is C15H21NO4. The van der Waals surface area contributed by atoms with Crippen LogP contribution < -0.4 is 9.47 Å². The van der Waals surface area contributed by atoms with E-state index in [1.54, 1.807) is 6.20 Å². The fourth-order valence-electron chi connectivity index (χ4n) is 2.56. The van der Waals surface area contributed by atoms with Gasteiger partial charge in [-0.15, -0.1) is 0 Å². The number of pyridine rings is 1. The van der Waals surface area contributed by atoms with Gasteiger partial charge >= 0.3 is 6.16 Å². The molecule has 0 radical (unpaired) electrons. The summed E-state index contributed by atoms with van der Waals surface area (Å²) in [7, 11) is 0. The van der Waals surface area contributed by atoms with E-state index >= 15 is 0 Å². The van der Waals surface area contributed by atoms with Crippen molar-refractivity contribution in [2.75, 3.05) is 0 Å². The molecule has 0 aliphatic heterocycles. The number of aromatic nitrogens is 1. The summed E-state index contributed by atoms with van der Waals surface area (Å²) in [6, 6.07) is 1.87. The number of ether oxygens (including phenoxy) is 2. The van der Waals surface area contributed by atoms with Crippen LogP contribution >= 0.6 is 0 Å². The predicted molar refractivity (Wildman–Crippen MR) is 74.4 cm³/mol. The Kier molecular flexibility index (Phi) is 5.21. The molecule has 1 aliphatic rings. The number of hydrogen-bond donors (Lipinski definition) is 1. The second-order valence-electron chi connectivity index (χ2n) is 5.10. The van der Waals surface area contributed by atoms with Gasteiger partial charge in [-0.25, -0.2) is 9.78 Å². The van der Waals surface area contributed by atoms with Crippen LogP contribution in [0, 0.1) is 0 Å². The number of nitrogens with zero attached hydrogens (tertiary/aromatic N) is 1. The van der Waals surface area contributed by atoms with E-state index in [0.717, 1.165) is 44.1 Å². The lowest BCUT2D eigenvalue weighted by Gasteiger charge is -2.24. The molecule has 5 nitrogen and oxygen atoms in total. The summed E-state index contributed by atoms with van der Waals surface area (Å²) in [6.45, 7) is 2.07. The Bertz CT molecular complexity index is 455. The molecule has 1 aromatic rings. The van der Waals surface area contributed by atoms with Gasteiger partial charge in [0.2, 0.25) is 0 Å². The van der Waals surface area contributed by atoms with Crippen LogP contribution in [-0.2, 0) is 6.42 Å². The highest BCUT2D eigenvalue weighted by atomic mass is 16.7. The molecular weight excluding hydrogens is 258 g/mol. The zero-order valence-corrected chi connectivity index (χ0v) is 11.8. The molecule has 0 saturated heterocycles. The average molecular weight is 279 g/mol. The Balaban J connectivity index is 2.22. The van der Waals surface area contributed by atoms with Crippen LogP contribution in [0.15, 0.2) is 12.3 Å². The first kappa shape index (κ1) is 14.6. The second kappa shape index (κ2) is 7.12. The third-order valence-electron chi connectivity index (χ3n) is 3.49. The van der Waals surface area contributed by atoms with Crippen molar-refractivity contribution >= 4 is 6.16 Å². The van der Waals surface area contributed by atoms with Crippen molar-refractivity contribution in [3.8, 4) is 11.6 Å². The van der Waals surface area contributed by atoms with Crippen LogP contribution in [0.3, 0.4) is 0 Å². The molecule has 110 valence electrons. The maximum atomic E-state index is 10.8. The van der Waals surface area contributed by atoms with E-state index in [1.165, 1.54) is 6.42 Å². The largest absolute Gasteiger partial charge is 0.512 e. The highest BCUT2D eigenvalue weighted by molar-refractivity contribution is 5.62. The van der Waals surface area contributed by atoms with Crippen molar-refractivity contribution in [2.24, 2.45) is 0 Å². The molecule has 5 heteroatoms. The zero-order valence-electron chi connectivity index (χ0n) is 11.8. The number of rotatable bonds is 5. The van der Waals surface area contributed by atoms with Gasteiger partial charge in [0, 0.05) is 11.8 Å². The van der Waals surface area contributed by atoms with E-state index in [0.29, 0.717) is 5.75 Å². The number of aryl methyl sites for hydroxylation is 1. The summed E-state index contributed by atoms with van der Waals surface area (Å²) in [5, 5.41) is 8.80. The van der Waals surface area contributed by atoms with Gasteiger partial charge in [-0.3, -0.25) is 0 Å².